The van der Waals surface area contributed by atoms with Crippen molar-refractivity contribution in [2.24, 2.45) is 0 Å². The summed E-state index contributed by atoms with van der Waals surface area (Å²) >= 11 is 0. The van der Waals surface area contributed by atoms with E-state index in [0.717, 1.165) is 11.8 Å². The first-order chi connectivity index (χ1) is 13.9. The van der Waals surface area contributed by atoms with Gasteiger partial charge < -0.3 is 35.4 Å². The van der Waals surface area contributed by atoms with Gasteiger partial charge in [-0.15, -0.1) is 0 Å². The van der Waals surface area contributed by atoms with Crippen molar-refractivity contribution in [3.8, 4) is 23.0 Å². The van der Waals surface area contributed by atoms with Crippen LogP contribution in [-0.4, -0.2) is 40.4 Å². The summed E-state index contributed by atoms with van der Waals surface area (Å²) in [6.45, 7) is 5.82. The Bertz CT molecular complexity index is 1350. The zero-order valence-corrected chi connectivity index (χ0v) is 16.2. The summed E-state index contributed by atoms with van der Waals surface area (Å²) in [6, 6.07) is 0. The number of halogens is 1. The number of aromatic amines is 3. The van der Waals surface area contributed by atoms with Crippen LogP contribution >= 0.6 is 0 Å². The molecule has 0 fully saturated rings. The Kier molecular flexibility index (Phi) is 4.90. The fourth-order valence-electron chi connectivity index (χ4n) is 2.82. The van der Waals surface area contributed by atoms with Crippen molar-refractivity contribution in [2.45, 2.75) is 26.2 Å². The normalized spacial score (nSPS) is 13.2. The molecule has 0 saturated heterocycles. The fraction of sp³-hybridized carbons (Fsp3) is 0.211. The highest BCUT2D eigenvalue weighted by atomic mass is 19.1. The highest BCUT2D eigenvalue weighted by Crippen LogP contribution is 2.45. The Morgan fingerprint density at radius 2 is 1.40 bits per heavy atom. The summed E-state index contributed by atoms with van der Waals surface area (Å²) in [7, 11) is 0. The molecule has 0 saturated carbocycles. The smallest absolute Gasteiger partial charge is 0.272 e. The molecule has 0 bridgehead atoms. The maximum absolute atomic E-state index is 13.5. The van der Waals surface area contributed by atoms with E-state index in [2.05, 4.69) is 19.9 Å². The average molecular weight is 418 g/mol. The summed E-state index contributed by atoms with van der Waals surface area (Å²) in [5.74, 6) is -6.53. The van der Waals surface area contributed by atoms with Crippen LogP contribution in [0.2, 0.25) is 0 Å². The molecule has 0 atom stereocenters. The summed E-state index contributed by atoms with van der Waals surface area (Å²) < 4.78 is 13.5. The minimum absolute atomic E-state index is 0.104. The maximum Gasteiger partial charge on any atom is 0.272 e. The molecule has 0 aliphatic carbocycles. The van der Waals surface area contributed by atoms with Crippen molar-refractivity contribution in [3.05, 3.63) is 60.5 Å². The minimum atomic E-state index is -1.64. The molecule has 3 rings (SSSR count). The molecule has 0 amide bonds. The lowest BCUT2D eigenvalue weighted by atomic mass is 9.90. The zero-order valence-electron chi connectivity index (χ0n) is 16.2. The topological polar surface area (TPSA) is 175 Å². The molecule has 0 radical (unpaired) electrons. The molecular weight excluding hydrogens is 399 g/mol. The van der Waals surface area contributed by atoms with Gasteiger partial charge >= 0.3 is 0 Å². The third kappa shape index (κ3) is 3.52. The van der Waals surface area contributed by atoms with Gasteiger partial charge in [-0.2, -0.15) is 4.39 Å². The van der Waals surface area contributed by atoms with Crippen molar-refractivity contribution >= 4 is 12.2 Å². The average Bonchev–Trinajstić information content (AvgIpc) is 3.14. The summed E-state index contributed by atoms with van der Waals surface area (Å²) in [6.07, 6.45) is 3.62. The Balaban J connectivity index is 2.23. The molecule has 0 aliphatic heterocycles. The SMILES string of the molecule is CC(C)(C)c1[nH]cnc1/C=c1\[nH]c(=O)/c(=C/c2c(O)c(O)c(F)c(O)c2O)[nH]c1=O. The monoisotopic (exact) mass is 418 g/mol. The number of aromatic hydroxyl groups is 4. The summed E-state index contributed by atoms with van der Waals surface area (Å²) in [5.41, 5.74) is -1.32. The standard InChI is InChI=1S/C19H19FN4O6/c1-19(2,3)16-8(21-6-22-16)5-10-18(30)23-9(17(29)24-10)4-7-12(25)14(27)11(20)15(28)13(7)26/h4-6,25-28H,1-3H3,(H,21,22)(H,23,30)(H,24,29)/b9-4-,10-5-. The number of aromatic nitrogens is 4. The highest BCUT2D eigenvalue weighted by molar-refractivity contribution is 5.71. The maximum atomic E-state index is 13.5. The molecule has 1 aromatic carbocycles. The van der Waals surface area contributed by atoms with Crippen LogP contribution in [0.5, 0.6) is 23.0 Å². The number of hydrogen-bond donors (Lipinski definition) is 7. The number of nitrogens with zero attached hydrogens (tertiary/aromatic N) is 1. The van der Waals surface area contributed by atoms with Crippen LogP contribution in [0.1, 0.15) is 37.7 Å². The van der Waals surface area contributed by atoms with Crippen LogP contribution in [0.15, 0.2) is 15.9 Å². The van der Waals surface area contributed by atoms with Gasteiger partial charge in [0, 0.05) is 11.1 Å². The van der Waals surface area contributed by atoms with Crippen molar-refractivity contribution in [1.29, 1.82) is 0 Å². The zero-order chi connectivity index (χ0) is 22.4. The number of rotatable bonds is 2. The molecule has 30 heavy (non-hydrogen) atoms. The van der Waals surface area contributed by atoms with Gasteiger partial charge in [0.25, 0.3) is 11.1 Å². The van der Waals surface area contributed by atoms with E-state index in [9.17, 15) is 34.4 Å². The Labute approximate surface area is 167 Å². The number of imidazole rings is 1. The second-order valence-corrected chi connectivity index (χ2v) is 7.56. The number of phenols is 4. The van der Waals surface area contributed by atoms with Gasteiger partial charge in [0.05, 0.1) is 17.6 Å². The van der Waals surface area contributed by atoms with Gasteiger partial charge in [-0.25, -0.2) is 4.98 Å². The molecule has 7 N–H and O–H groups in total. The summed E-state index contributed by atoms with van der Waals surface area (Å²) in [4.78, 5) is 36.6. The second-order valence-electron chi connectivity index (χ2n) is 7.56. The van der Waals surface area contributed by atoms with E-state index in [1.807, 2.05) is 20.8 Å². The number of nitrogens with one attached hydrogen (secondary N) is 3. The third-order valence-electron chi connectivity index (χ3n) is 4.35. The second kappa shape index (κ2) is 7.10. The Hall–Kier alpha value is -4.02. The van der Waals surface area contributed by atoms with Crippen LogP contribution in [0.25, 0.3) is 12.2 Å². The van der Waals surface area contributed by atoms with Crippen LogP contribution < -0.4 is 21.8 Å². The van der Waals surface area contributed by atoms with Gasteiger partial charge in [-0.3, -0.25) is 9.59 Å². The van der Waals surface area contributed by atoms with Gasteiger partial charge in [0.1, 0.15) is 10.7 Å². The minimum Gasteiger partial charge on any atom is -0.504 e. The lowest BCUT2D eigenvalue weighted by Gasteiger charge is -2.16. The van der Waals surface area contributed by atoms with Crippen molar-refractivity contribution in [1.82, 2.24) is 19.9 Å². The third-order valence-corrected chi connectivity index (χ3v) is 4.35. The van der Waals surface area contributed by atoms with Crippen molar-refractivity contribution in [2.75, 3.05) is 0 Å². The van der Waals surface area contributed by atoms with Gasteiger partial charge in [-0.05, 0) is 12.2 Å². The molecule has 0 spiro atoms. The van der Waals surface area contributed by atoms with E-state index in [1.54, 1.807) is 0 Å². The molecule has 11 heteroatoms. The van der Waals surface area contributed by atoms with Gasteiger partial charge in [0.15, 0.2) is 23.0 Å². The number of phenolic OH excluding ortho intramolecular Hbond substituents is 4. The van der Waals surface area contributed by atoms with Gasteiger partial charge in [0.2, 0.25) is 5.82 Å². The number of H-pyrrole nitrogens is 3. The van der Waals surface area contributed by atoms with E-state index >= 15 is 0 Å². The van der Waals surface area contributed by atoms with Crippen molar-refractivity contribution in [3.63, 3.8) is 0 Å². The first-order valence-corrected chi connectivity index (χ1v) is 8.67. The fourth-order valence-corrected chi connectivity index (χ4v) is 2.82. The number of hydrogen-bond acceptors (Lipinski definition) is 7. The van der Waals surface area contributed by atoms with E-state index in [0.29, 0.717) is 5.69 Å². The van der Waals surface area contributed by atoms with E-state index in [4.69, 9.17) is 0 Å². The molecule has 0 unspecified atom stereocenters. The quantitative estimate of drug-likeness (QED) is 0.221. The highest BCUT2D eigenvalue weighted by Gasteiger charge is 2.22. The molecule has 2 heterocycles. The Morgan fingerprint density at radius 3 is 1.90 bits per heavy atom. The van der Waals surface area contributed by atoms with Crippen LogP contribution in [0.3, 0.4) is 0 Å². The lowest BCUT2D eigenvalue weighted by molar-refractivity contribution is 0.335. The Morgan fingerprint density at radius 1 is 0.900 bits per heavy atom. The van der Waals surface area contributed by atoms with E-state index < -0.39 is 50.8 Å². The van der Waals surface area contributed by atoms with Crippen molar-refractivity contribution < 1.29 is 24.8 Å². The lowest BCUT2D eigenvalue weighted by Crippen LogP contribution is -2.46. The molecular formula is C19H19FN4O6. The first kappa shape index (κ1) is 20.7. The van der Waals surface area contributed by atoms with Crippen LogP contribution in [0, 0.1) is 5.82 Å². The molecule has 2 aromatic heterocycles. The van der Waals surface area contributed by atoms with Gasteiger partial charge in [-0.1, -0.05) is 20.8 Å². The largest absolute Gasteiger partial charge is 0.504 e. The first-order valence-electron chi connectivity index (χ1n) is 8.67. The van der Waals surface area contributed by atoms with E-state index in [1.165, 1.54) is 12.4 Å². The molecule has 10 nitrogen and oxygen atoms in total. The molecule has 0 aliphatic rings. The molecule has 3 aromatic rings. The van der Waals surface area contributed by atoms with Crippen LogP contribution in [0.4, 0.5) is 4.39 Å². The number of benzene rings is 1. The molecule has 158 valence electrons. The predicted molar refractivity (Wildman–Crippen MR) is 104 cm³/mol. The predicted octanol–water partition coefficient (Wildman–Crippen LogP) is -0.297. The van der Waals surface area contributed by atoms with Crippen LogP contribution in [-0.2, 0) is 5.41 Å². The summed E-state index contributed by atoms with van der Waals surface area (Å²) in [5, 5.41) is 38.1. The van der Waals surface area contributed by atoms with E-state index in [-0.39, 0.29) is 10.8 Å².